The first kappa shape index (κ1) is 20.8. The maximum Gasteiger partial charge on any atom is 0.272 e. The van der Waals surface area contributed by atoms with Gasteiger partial charge in [-0.2, -0.15) is 0 Å². The Balaban J connectivity index is 1.87. The zero-order valence-electron chi connectivity index (χ0n) is 15.4. The first-order chi connectivity index (χ1) is 13.4. The van der Waals surface area contributed by atoms with Gasteiger partial charge in [-0.3, -0.25) is 9.36 Å². The van der Waals surface area contributed by atoms with Crippen molar-refractivity contribution < 1.29 is 8.42 Å². The highest BCUT2D eigenvalue weighted by atomic mass is 32.2. The summed E-state index contributed by atoms with van der Waals surface area (Å²) in [5.74, 6) is 0.646. The van der Waals surface area contributed by atoms with Crippen LogP contribution in [0.2, 0.25) is 0 Å². The lowest BCUT2D eigenvalue weighted by Gasteiger charge is -2.09. The van der Waals surface area contributed by atoms with E-state index in [9.17, 15) is 13.2 Å². The molecule has 0 unspecified atom stereocenters. The smallest absolute Gasteiger partial charge is 0.272 e. The maximum atomic E-state index is 13.0. The Morgan fingerprint density at radius 2 is 2.07 bits per heavy atom. The maximum absolute atomic E-state index is 13.0. The molecule has 0 aliphatic rings. The number of benzene rings is 1. The summed E-state index contributed by atoms with van der Waals surface area (Å²) < 4.78 is 27.0. The molecule has 0 bridgehead atoms. The summed E-state index contributed by atoms with van der Waals surface area (Å²) >= 11 is 2.89. The third-order valence-electron chi connectivity index (χ3n) is 3.89. The van der Waals surface area contributed by atoms with Crippen LogP contribution in [0.15, 0.2) is 59.0 Å². The van der Waals surface area contributed by atoms with E-state index in [2.05, 4.69) is 11.3 Å². The van der Waals surface area contributed by atoms with Crippen LogP contribution in [-0.4, -0.2) is 36.5 Å². The number of aromatic nitrogens is 2. The van der Waals surface area contributed by atoms with Crippen molar-refractivity contribution in [2.75, 3.05) is 18.6 Å². The van der Waals surface area contributed by atoms with Crippen LogP contribution in [0.1, 0.15) is 6.42 Å². The molecule has 0 atom stereocenters. The van der Waals surface area contributed by atoms with Gasteiger partial charge in [0.2, 0.25) is 10.0 Å². The summed E-state index contributed by atoms with van der Waals surface area (Å²) in [5.41, 5.74) is 1.67. The van der Waals surface area contributed by atoms with Crippen LogP contribution in [0.4, 0.5) is 0 Å². The number of hydrogen-bond donors (Lipinski definition) is 1. The van der Waals surface area contributed by atoms with Crippen molar-refractivity contribution in [3.8, 4) is 10.4 Å². The zero-order valence-corrected chi connectivity index (χ0v) is 17.9. The van der Waals surface area contributed by atoms with E-state index in [1.165, 1.54) is 23.1 Å². The van der Waals surface area contributed by atoms with E-state index >= 15 is 0 Å². The molecule has 3 rings (SSSR count). The minimum absolute atomic E-state index is 0.0751. The third-order valence-corrected chi connectivity index (χ3v) is 6.84. The fraction of sp³-hybridized carbons (Fsp3) is 0.263. The number of nitrogens with one attached hydrogen (secondary N) is 1. The quantitative estimate of drug-likeness (QED) is 0.241. The lowest BCUT2D eigenvalue weighted by atomic mass is 10.2. The number of nitrogens with zero attached hydrogens (tertiary/aromatic N) is 2. The number of thioether (sulfide) groups is 1. The molecule has 0 saturated carbocycles. The Labute approximate surface area is 172 Å². The first-order valence-corrected chi connectivity index (χ1v) is 12.4. The SMILES string of the molecule is C=CCn1c(SCCCNS(C)(=O)=O)nc2cc(-c3ccccc3)sc2c1=O. The topological polar surface area (TPSA) is 81.1 Å². The van der Waals surface area contributed by atoms with E-state index in [-0.39, 0.29) is 5.56 Å². The fourth-order valence-corrected chi connectivity index (χ4v) is 5.14. The minimum atomic E-state index is -3.19. The number of rotatable bonds is 9. The fourth-order valence-electron chi connectivity index (χ4n) is 2.63. The van der Waals surface area contributed by atoms with Gasteiger partial charge in [-0.1, -0.05) is 48.2 Å². The van der Waals surface area contributed by atoms with E-state index in [0.717, 1.165) is 16.7 Å². The van der Waals surface area contributed by atoms with Crippen molar-refractivity contribution >= 4 is 43.3 Å². The van der Waals surface area contributed by atoms with Crippen LogP contribution in [0.5, 0.6) is 0 Å². The second kappa shape index (κ2) is 9.04. The molecular weight excluding hydrogens is 414 g/mol. The highest BCUT2D eigenvalue weighted by molar-refractivity contribution is 7.99. The summed E-state index contributed by atoms with van der Waals surface area (Å²) in [6.45, 7) is 4.47. The highest BCUT2D eigenvalue weighted by Crippen LogP contribution is 2.32. The molecule has 6 nitrogen and oxygen atoms in total. The van der Waals surface area contributed by atoms with Crippen molar-refractivity contribution in [3.05, 3.63) is 59.4 Å². The van der Waals surface area contributed by atoms with Crippen LogP contribution in [0.3, 0.4) is 0 Å². The molecule has 9 heteroatoms. The summed E-state index contributed by atoms with van der Waals surface area (Å²) in [6, 6.07) is 11.9. The minimum Gasteiger partial charge on any atom is -0.283 e. The average molecular weight is 436 g/mol. The Morgan fingerprint density at radius 3 is 2.75 bits per heavy atom. The van der Waals surface area contributed by atoms with Gasteiger partial charge >= 0.3 is 0 Å². The second-order valence-electron chi connectivity index (χ2n) is 6.16. The standard InChI is InChI=1S/C19H21N3O3S3/c1-3-11-22-18(23)17-15(13-16(27-17)14-8-5-4-6-9-14)21-19(22)26-12-7-10-20-28(2,24)25/h3-6,8-9,13,20H,1,7,10-12H2,2H3. The van der Waals surface area contributed by atoms with Gasteiger partial charge in [0.05, 0.1) is 11.8 Å². The normalized spacial score (nSPS) is 11.8. The number of hydrogen-bond acceptors (Lipinski definition) is 6. The van der Waals surface area contributed by atoms with Crippen molar-refractivity contribution in [3.63, 3.8) is 0 Å². The van der Waals surface area contributed by atoms with Gasteiger partial charge in [0.1, 0.15) is 4.70 Å². The first-order valence-electron chi connectivity index (χ1n) is 8.67. The largest absolute Gasteiger partial charge is 0.283 e. The molecule has 1 aromatic carbocycles. The van der Waals surface area contributed by atoms with Crippen LogP contribution in [0, 0.1) is 0 Å². The van der Waals surface area contributed by atoms with Crippen LogP contribution in [-0.2, 0) is 16.6 Å². The number of thiophene rings is 1. The molecule has 0 amide bonds. The van der Waals surface area contributed by atoms with Gasteiger partial charge in [-0.25, -0.2) is 18.1 Å². The van der Waals surface area contributed by atoms with Crippen LogP contribution >= 0.6 is 23.1 Å². The van der Waals surface area contributed by atoms with E-state index in [1.807, 2.05) is 36.4 Å². The molecule has 0 fully saturated rings. The van der Waals surface area contributed by atoms with E-state index in [0.29, 0.717) is 40.6 Å². The molecule has 0 aliphatic heterocycles. The molecule has 2 aromatic heterocycles. The van der Waals surface area contributed by atoms with Gasteiger partial charge < -0.3 is 0 Å². The Kier molecular flexibility index (Phi) is 6.71. The number of fused-ring (bicyclic) bond motifs is 1. The summed E-state index contributed by atoms with van der Waals surface area (Å²) in [6.07, 6.45) is 3.45. The van der Waals surface area contributed by atoms with Crippen LogP contribution < -0.4 is 10.3 Å². The molecular formula is C19H21N3O3S3. The number of allylic oxidation sites excluding steroid dienone is 1. The van der Waals surface area contributed by atoms with Gasteiger partial charge in [-0.05, 0) is 18.1 Å². The lowest BCUT2D eigenvalue weighted by Crippen LogP contribution is -2.24. The zero-order chi connectivity index (χ0) is 20.1. The monoisotopic (exact) mass is 435 g/mol. The lowest BCUT2D eigenvalue weighted by molar-refractivity contribution is 0.587. The predicted molar refractivity (Wildman–Crippen MR) is 118 cm³/mol. The average Bonchev–Trinajstić information content (AvgIpc) is 3.08. The molecule has 0 spiro atoms. The summed E-state index contributed by atoms with van der Waals surface area (Å²) in [5, 5.41) is 0.620. The molecule has 2 heterocycles. The Morgan fingerprint density at radius 1 is 1.32 bits per heavy atom. The van der Waals surface area contributed by atoms with Gasteiger partial charge in [0, 0.05) is 23.7 Å². The Bertz CT molecular complexity index is 1140. The van der Waals surface area contributed by atoms with Crippen molar-refractivity contribution in [1.82, 2.24) is 14.3 Å². The molecule has 28 heavy (non-hydrogen) atoms. The van der Waals surface area contributed by atoms with Crippen molar-refractivity contribution in [2.45, 2.75) is 18.1 Å². The number of sulfonamides is 1. The van der Waals surface area contributed by atoms with Gasteiger partial charge in [-0.15, -0.1) is 17.9 Å². The molecule has 3 aromatic rings. The van der Waals surface area contributed by atoms with Gasteiger partial charge in [0.15, 0.2) is 5.16 Å². The van der Waals surface area contributed by atoms with E-state index in [4.69, 9.17) is 4.98 Å². The van der Waals surface area contributed by atoms with Crippen molar-refractivity contribution in [2.24, 2.45) is 0 Å². The molecule has 0 saturated heterocycles. The summed E-state index contributed by atoms with van der Waals surface area (Å²) in [4.78, 5) is 18.7. The van der Waals surface area contributed by atoms with Gasteiger partial charge in [0.25, 0.3) is 5.56 Å². The highest BCUT2D eigenvalue weighted by Gasteiger charge is 2.15. The van der Waals surface area contributed by atoms with E-state index < -0.39 is 10.0 Å². The molecule has 0 aliphatic carbocycles. The molecule has 1 N–H and O–H groups in total. The van der Waals surface area contributed by atoms with Crippen LogP contribution in [0.25, 0.3) is 20.7 Å². The summed E-state index contributed by atoms with van der Waals surface area (Å²) in [7, 11) is -3.19. The molecule has 148 valence electrons. The predicted octanol–water partition coefficient (Wildman–Crippen LogP) is 3.34. The third kappa shape index (κ3) is 5.11. The Hall–Kier alpha value is -1.94. The molecule has 0 radical (unpaired) electrons. The second-order valence-corrected chi connectivity index (χ2v) is 10.1. The van der Waals surface area contributed by atoms with E-state index in [1.54, 1.807) is 10.6 Å². The van der Waals surface area contributed by atoms with Crippen molar-refractivity contribution in [1.29, 1.82) is 0 Å².